The van der Waals surface area contributed by atoms with Gasteiger partial charge in [0, 0.05) is 36.2 Å². The second kappa shape index (κ2) is 5.78. The molecule has 1 fully saturated rings. The molecule has 4 nitrogen and oxygen atoms in total. The SMILES string of the molecule is CCNc1cc(N2CCSC(C)(C)CC2)ncn1. The maximum Gasteiger partial charge on any atom is 0.134 e. The van der Waals surface area contributed by atoms with Crippen LogP contribution in [-0.4, -0.2) is 40.1 Å². The molecule has 18 heavy (non-hydrogen) atoms. The lowest BCUT2D eigenvalue weighted by atomic mass is 10.1. The van der Waals surface area contributed by atoms with Crippen LogP contribution in [-0.2, 0) is 0 Å². The summed E-state index contributed by atoms with van der Waals surface area (Å²) < 4.78 is 0.381. The van der Waals surface area contributed by atoms with Gasteiger partial charge in [0.25, 0.3) is 0 Å². The molecule has 0 aromatic carbocycles. The van der Waals surface area contributed by atoms with Crippen molar-refractivity contribution in [3.63, 3.8) is 0 Å². The molecule has 0 aliphatic carbocycles. The number of thioether (sulfide) groups is 1. The first-order valence-electron chi connectivity index (χ1n) is 6.55. The van der Waals surface area contributed by atoms with Crippen molar-refractivity contribution in [3.8, 4) is 0 Å². The Bertz CT molecular complexity index is 394. The van der Waals surface area contributed by atoms with Gasteiger partial charge in [-0.05, 0) is 13.3 Å². The van der Waals surface area contributed by atoms with E-state index in [1.807, 2.05) is 6.07 Å². The second-order valence-electron chi connectivity index (χ2n) is 5.14. The molecule has 0 amide bonds. The van der Waals surface area contributed by atoms with E-state index in [-0.39, 0.29) is 0 Å². The van der Waals surface area contributed by atoms with Crippen molar-refractivity contribution in [2.24, 2.45) is 0 Å². The predicted octanol–water partition coefficient (Wildman–Crippen LogP) is 2.63. The van der Waals surface area contributed by atoms with Gasteiger partial charge in [0.15, 0.2) is 0 Å². The summed E-state index contributed by atoms with van der Waals surface area (Å²) in [6, 6.07) is 2.05. The Morgan fingerprint density at radius 1 is 1.39 bits per heavy atom. The van der Waals surface area contributed by atoms with Crippen LogP contribution in [0, 0.1) is 0 Å². The molecule has 5 heteroatoms. The van der Waals surface area contributed by atoms with Gasteiger partial charge in [0.05, 0.1) is 0 Å². The summed E-state index contributed by atoms with van der Waals surface area (Å²) in [6.07, 6.45) is 2.84. The fourth-order valence-electron chi connectivity index (χ4n) is 2.05. The first-order chi connectivity index (χ1) is 8.61. The molecule has 0 spiro atoms. The van der Waals surface area contributed by atoms with Crippen molar-refractivity contribution in [2.75, 3.05) is 35.6 Å². The van der Waals surface area contributed by atoms with E-state index in [2.05, 4.69) is 52.7 Å². The number of aromatic nitrogens is 2. The van der Waals surface area contributed by atoms with Gasteiger partial charge < -0.3 is 10.2 Å². The molecule has 1 aliphatic heterocycles. The predicted molar refractivity (Wildman–Crippen MR) is 79.6 cm³/mol. The molecular formula is C13H22N4S. The van der Waals surface area contributed by atoms with Crippen LogP contribution in [0.5, 0.6) is 0 Å². The molecule has 1 aromatic rings. The number of hydrogen-bond donors (Lipinski definition) is 1. The van der Waals surface area contributed by atoms with Crippen LogP contribution in [0.3, 0.4) is 0 Å². The Hall–Kier alpha value is -0.970. The van der Waals surface area contributed by atoms with Crippen LogP contribution in [0.1, 0.15) is 27.2 Å². The summed E-state index contributed by atoms with van der Waals surface area (Å²) in [7, 11) is 0. The third kappa shape index (κ3) is 3.51. The lowest BCUT2D eigenvalue weighted by Crippen LogP contribution is -2.27. The van der Waals surface area contributed by atoms with E-state index in [1.54, 1.807) is 6.33 Å². The van der Waals surface area contributed by atoms with Crippen molar-refractivity contribution in [1.29, 1.82) is 0 Å². The van der Waals surface area contributed by atoms with Crippen molar-refractivity contribution in [3.05, 3.63) is 12.4 Å². The molecule has 0 atom stereocenters. The monoisotopic (exact) mass is 266 g/mol. The summed E-state index contributed by atoms with van der Waals surface area (Å²) in [4.78, 5) is 11.0. The first-order valence-corrected chi connectivity index (χ1v) is 7.54. The minimum Gasteiger partial charge on any atom is -0.370 e. The highest BCUT2D eigenvalue weighted by Crippen LogP contribution is 2.31. The molecular weight excluding hydrogens is 244 g/mol. The summed E-state index contributed by atoms with van der Waals surface area (Å²) in [5, 5.41) is 3.24. The van der Waals surface area contributed by atoms with Gasteiger partial charge >= 0.3 is 0 Å². The maximum atomic E-state index is 4.40. The van der Waals surface area contributed by atoms with Gasteiger partial charge in [0.1, 0.15) is 18.0 Å². The number of anilines is 2. The normalized spacial score (nSPS) is 19.4. The largest absolute Gasteiger partial charge is 0.370 e. The molecule has 1 saturated heterocycles. The highest BCUT2D eigenvalue weighted by molar-refractivity contribution is 8.00. The minimum atomic E-state index is 0.381. The third-order valence-corrected chi connectivity index (χ3v) is 4.54. The van der Waals surface area contributed by atoms with E-state index < -0.39 is 0 Å². The van der Waals surface area contributed by atoms with Gasteiger partial charge in [-0.25, -0.2) is 9.97 Å². The highest BCUT2D eigenvalue weighted by atomic mass is 32.2. The smallest absolute Gasteiger partial charge is 0.134 e. The summed E-state index contributed by atoms with van der Waals surface area (Å²) in [6.45, 7) is 9.75. The molecule has 2 rings (SSSR count). The van der Waals surface area contributed by atoms with Crippen molar-refractivity contribution in [2.45, 2.75) is 31.9 Å². The van der Waals surface area contributed by atoms with Gasteiger partial charge in [-0.3, -0.25) is 0 Å². The Kier molecular flexibility index (Phi) is 4.32. The zero-order valence-electron chi connectivity index (χ0n) is 11.4. The Morgan fingerprint density at radius 2 is 2.22 bits per heavy atom. The number of hydrogen-bond acceptors (Lipinski definition) is 5. The van der Waals surface area contributed by atoms with E-state index in [0.717, 1.165) is 37.0 Å². The van der Waals surface area contributed by atoms with E-state index in [0.29, 0.717) is 4.75 Å². The van der Waals surface area contributed by atoms with E-state index in [9.17, 15) is 0 Å². The molecule has 0 unspecified atom stereocenters. The van der Waals surface area contributed by atoms with Crippen LogP contribution in [0.25, 0.3) is 0 Å². The second-order valence-corrected chi connectivity index (χ2v) is 6.94. The Morgan fingerprint density at radius 3 is 3.00 bits per heavy atom. The number of nitrogens with zero attached hydrogens (tertiary/aromatic N) is 3. The van der Waals surface area contributed by atoms with E-state index >= 15 is 0 Å². The fourth-order valence-corrected chi connectivity index (χ4v) is 3.15. The third-order valence-electron chi connectivity index (χ3n) is 3.17. The Labute approximate surface area is 114 Å². The van der Waals surface area contributed by atoms with Crippen LogP contribution in [0.4, 0.5) is 11.6 Å². The molecule has 0 radical (unpaired) electrons. The van der Waals surface area contributed by atoms with Gasteiger partial charge in [-0.2, -0.15) is 11.8 Å². The van der Waals surface area contributed by atoms with Gasteiger partial charge in [-0.1, -0.05) is 13.8 Å². The topological polar surface area (TPSA) is 41.0 Å². The van der Waals surface area contributed by atoms with Crippen LogP contribution < -0.4 is 10.2 Å². The van der Waals surface area contributed by atoms with Crippen LogP contribution in [0.15, 0.2) is 12.4 Å². The average molecular weight is 266 g/mol. The van der Waals surface area contributed by atoms with Crippen LogP contribution in [0.2, 0.25) is 0 Å². The molecule has 0 bridgehead atoms. The van der Waals surface area contributed by atoms with Gasteiger partial charge in [0.2, 0.25) is 0 Å². The number of nitrogens with one attached hydrogen (secondary N) is 1. The number of rotatable bonds is 3. The quantitative estimate of drug-likeness (QED) is 0.911. The summed E-state index contributed by atoms with van der Waals surface area (Å²) in [5.41, 5.74) is 0. The minimum absolute atomic E-state index is 0.381. The zero-order valence-corrected chi connectivity index (χ0v) is 12.3. The zero-order chi connectivity index (χ0) is 13.0. The summed E-state index contributed by atoms with van der Waals surface area (Å²) in [5.74, 6) is 3.12. The molecule has 0 saturated carbocycles. The molecule has 1 N–H and O–H groups in total. The standard InChI is InChI=1S/C13H22N4S/c1-4-14-11-9-12(16-10-15-11)17-6-5-13(2,3)18-8-7-17/h9-10H,4-8H2,1-3H3,(H,14,15,16). The van der Waals surface area contributed by atoms with E-state index in [1.165, 1.54) is 6.42 Å². The highest BCUT2D eigenvalue weighted by Gasteiger charge is 2.24. The molecule has 2 heterocycles. The van der Waals surface area contributed by atoms with E-state index in [4.69, 9.17) is 0 Å². The Balaban J connectivity index is 2.08. The van der Waals surface area contributed by atoms with Gasteiger partial charge in [-0.15, -0.1) is 0 Å². The lowest BCUT2D eigenvalue weighted by molar-refractivity contribution is 0.635. The van der Waals surface area contributed by atoms with Crippen LogP contribution >= 0.6 is 11.8 Å². The maximum absolute atomic E-state index is 4.40. The first kappa shape index (κ1) is 13.5. The summed E-state index contributed by atoms with van der Waals surface area (Å²) >= 11 is 2.05. The molecule has 100 valence electrons. The van der Waals surface area contributed by atoms with Crippen molar-refractivity contribution >= 4 is 23.4 Å². The molecule has 1 aromatic heterocycles. The van der Waals surface area contributed by atoms with Crippen molar-refractivity contribution < 1.29 is 0 Å². The van der Waals surface area contributed by atoms with Crippen molar-refractivity contribution in [1.82, 2.24) is 9.97 Å². The lowest BCUT2D eigenvalue weighted by Gasteiger charge is -2.23. The fraction of sp³-hybridized carbons (Fsp3) is 0.692. The molecule has 1 aliphatic rings. The average Bonchev–Trinajstić information content (AvgIpc) is 2.51.